The maximum Gasteiger partial charge on any atom is 0.173 e. The second-order valence-electron chi connectivity index (χ2n) is 6.44. The van der Waals surface area contributed by atoms with Crippen molar-refractivity contribution < 1.29 is 13.9 Å². The van der Waals surface area contributed by atoms with Crippen LogP contribution in [-0.4, -0.2) is 61.4 Å². The van der Waals surface area contributed by atoms with Crippen molar-refractivity contribution in [3.05, 3.63) is 48.4 Å². The normalized spacial score (nSPS) is 14.7. The summed E-state index contributed by atoms with van der Waals surface area (Å²) < 4.78 is 16.4. The summed E-state index contributed by atoms with van der Waals surface area (Å²) in [5.74, 6) is 1.66. The first kappa shape index (κ1) is 19.7. The van der Waals surface area contributed by atoms with Crippen LogP contribution in [0.25, 0.3) is 0 Å². The van der Waals surface area contributed by atoms with Gasteiger partial charge >= 0.3 is 0 Å². The Hall–Kier alpha value is -2.09. The minimum absolute atomic E-state index is 0.636. The average molecular weight is 390 g/mol. The zero-order valence-corrected chi connectivity index (χ0v) is 16.5. The van der Waals surface area contributed by atoms with Gasteiger partial charge in [-0.25, -0.2) is 0 Å². The predicted molar refractivity (Wildman–Crippen MR) is 110 cm³/mol. The van der Waals surface area contributed by atoms with Crippen LogP contribution < -0.4 is 10.1 Å². The van der Waals surface area contributed by atoms with Gasteiger partial charge in [0.25, 0.3) is 0 Å². The van der Waals surface area contributed by atoms with Crippen molar-refractivity contribution in [2.75, 3.05) is 51.8 Å². The number of rotatable bonds is 8. The molecule has 6 nitrogen and oxygen atoms in total. The van der Waals surface area contributed by atoms with E-state index in [-0.39, 0.29) is 0 Å². The Bertz CT molecular complexity index is 702. The molecule has 0 spiro atoms. The smallest absolute Gasteiger partial charge is 0.173 e. The van der Waals surface area contributed by atoms with E-state index in [1.807, 2.05) is 36.4 Å². The summed E-state index contributed by atoms with van der Waals surface area (Å²) >= 11 is 5.69. The van der Waals surface area contributed by atoms with Crippen LogP contribution in [0.5, 0.6) is 5.75 Å². The van der Waals surface area contributed by atoms with Crippen LogP contribution in [0.2, 0.25) is 0 Å². The fourth-order valence-corrected chi connectivity index (χ4v) is 3.36. The van der Waals surface area contributed by atoms with Crippen molar-refractivity contribution in [3.63, 3.8) is 0 Å². The van der Waals surface area contributed by atoms with Gasteiger partial charge in [-0.1, -0.05) is 12.1 Å². The lowest BCUT2D eigenvalue weighted by atomic mass is 10.3. The molecule has 3 rings (SSSR count). The van der Waals surface area contributed by atoms with Gasteiger partial charge in [-0.15, -0.1) is 0 Å². The summed E-state index contributed by atoms with van der Waals surface area (Å²) in [7, 11) is 1.66. The summed E-state index contributed by atoms with van der Waals surface area (Å²) in [4.78, 5) is 4.58. The predicted octanol–water partition coefficient (Wildman–Crippen LogP) is 3.21. The first-order chi connectivity index (χ1) is 13.3. The van der Waals surface area contributed by atoms with E-state index in [9.17, 15) is 0 Å². The number of hydrogen-bond donors (Lipinski definition) is 1. The van der Waals surface area contributed by atoms with Crippen molar-refractivity contribution in [2.24, 2.45) is 0 Å². The lowest BCUT2D eigenvalue weighted by Crippen LogP contribution is -2.40. The number of nitrogens with zero attached hydrogens (tertiary/aromatic N) is 2. The van der Waals surface area contributed by atoms with E-state index in [0.717, 1.165) is 63.0 Å². The standard InChI is InChI=1S/C20H27N3O3S/c1-24-19-8-3-2-7-18(19)21-20(27)23(16-17-6-4-13-26-17)10-5-9-22-11-14-25-15-12-22/h2-4,6-8,13H,5,9-12,14-16H2,1H3,(H,21,27). The lowest BCUT2D eigenvalue weighted by Gasteiger charge is -2.29. The number of morpholine rings is 1. The number of para-hydroxylation sites is 2. The Morgan fingerprint density at radius 2 is 2.04 bits per heavy atom. The van der Waals surface area contributed by atoms with Crippen LogP contribution in [0.1, 0.15) is 12.2 Å². The van der Waals surface area contributed by atoms with E-state index < -0.39 is 0 Å². The highest BCUT2D eigenvalue weighted by Gasteiger charge is 2.15. The molecule has 2 heterocycles. The van der Waals surface area contributed by atoms with Gasteiger partial charge in [0.05, 0.1) is 38.8 Å². The first-order valence-electron chi connectivity index (χ1n) is 9.27. The van der Waals surface area contributed by atoms with Gasteiger partial charge in [-0.05, 0) is 42.9 Å². The third-order valence-corrected chi connectivity index (χ3v) is 4.93. The Morgan fingerprint density at radius 1 is 1.22 bits per heavy atom. The van der Waals surface area contributed by atoms with Gasteiger partial charge in [0.1, 0.15) is 11.5 Å². The molecular weight excluding hydrogens is 362 g/mol. The van der Waals surface area contributed by atoms with Crippen LogP contribution in [0.4, 0.5) is 5.69 Å². The number of nitrogens with one attached hydrogen (secondary N) is 1. The first-order valence-corrected chi connectivity index (χ1v) is 9.68. The van der Waals surface area contributed by atoms with E-state index in [4.69, 9.17) is 26.1 Å². The van der Waals surface area contributed by atoms with Gasteiger partial charge in [0.2, 0.25) is 0 Å². The molecule has 1 aromatic heterocycles. The van der Waals surface area contributed by atoms with Crippen molar-refractivity contribution in [2.45, 2.75) is 13.0 Å². The molecule has 1 aliphatic heterocycles. The van der Waals surface area contributed by atoms with Gasteiger partial charge in [0.15, 0.2) is 5.11 Å². The number of furan rings is 1. The number of anilines is 1. The summed E-state index contributed by atoms with van der Waals surface area (Å²) in [6.45, 7) is 6.17. The number of thiocarbonyl (C=S) groups is 1. The van der Waals surface area contributed by atoms with E-state index in [1.54, 1.807) is 13.4 Å². The molecule has 0 saturated carbocycles. The van der Waals surface area contributed by atoms with Gasteiger partial charge in [-0.3, -0.25) is 4.90 Å². The molecule has 146 valence electrons. The van der Waals surface area contributed by atoms with Gasteiger partial charge in [-0.2, -0.15) is 0 Å². The molecule has 2 aromatic rings. The zero-order chi connectivity index (χ0) is 18.9. The SMILES string of the molecule is COc1ccccc1NC(=S)N(CCCN1CCOCC1)Cc1ccco1. The Balaban J connectivity index is 1.60. The number of hydrogen-bond acceptors (Lipinski definition) is 5. The summed E-state index contributed by atoms with van der Waals surface area (Å²) in [5, 5.41) is 3.98. The Morgan fingerprint density at radius 3 is 2.78 bits per heavy atom. The second kappa shape index (κ2) is 10.3. The lowest BCUT2D eigenvalue weighted by molar-refractivity contribution is 0.0367. The second-order valence-corrected chi connectivity index (χ2v) is 6.83. The maximum absolute atomic E-state index is 5.69. The summed E-state index contributed by atoms with van der Waals surface area (Å²) in [6.07, 6.45) is 2.71. The molecule has 0 atom stereocenters. The fraction of sp³-hybridized carbons (Fsp3) is 0.450. The third-order valence-electron chi connectivity index (χ3n) is 4.57. The minimum Gasteiger partial charge on any atom is -0.495 e. The van der Waals surface area contributed by atoms with Crippen molar-refractivity contribution >= 4 is 23.0 Å². The quantitative estimate of drug-likeness (QED) is 0.696. The molecule has 0 unspecified atom stereocenters. The molecule has 1 aliphatic rings. The highest BCUT2D eigenvalue weighted by molar-refractivity contribution is 7.80. The van der Waals surface area contributed by atoms with Crippen LogP contribution >= 0.6 is 12.2 Å². The van der Waals surface area contributed by atoms with Crippen LogP contribution in [0.15, 0.2) is 47.1 Å². The highest BCUT2D eigenvalue weighted by Crippen LogP contribution is 2.23. The number of ether oxygens (including phenoxy) is 2. The maximum atomic E-state index is 5.69. The number of methoxy groups -OCH3 is 1. The minimum atomic E-state index is 0.636. The Kier molecular flexibility index (Phi) is 7.50. The molecule has 0 aliphatic carbocycles. The van der Waals surface area contributed by atoms with E-state index in [1.165, 1.54) is 0 Å². The number of benzene rings is 1. The molecule has 7 heteroatoms. The van der Waals surface area contributed by atoms with Crippen LogP contribution in [0.3, 0.4) is 0 Å². The molecule has 1 fully saturated rings. The molecule has 27 heavy (non-hydrogen) atoms. The zero-order valence-electron chi connectivity index (χ0n) is 15.7. The molecule has 0 bridgehead atoms. The molecule has 0 radical (unpaired) electrons. The monoisotopic (exact) mass is 389 g/mol. The molecule has 1 saturated heterocycles. The molecule has 1 aromatic carbocycles. The highest BCUT2D eigenvalue weighted by atomic mass is 32.1. The Labute approximate surface area is 166 Å². The van der Waals surface area contributed by atoms with Gasteiger partial charge < -0.3 is 24.1 Å². The fourth-order valence-electron chi connectivity index (χ4n) is 3.10. The third kappa shape index (κ3) is 5.95. The topological polar surface area (TPSA) is 50.1 Å². The summed E-state index contributed by atoms with van der Waals surface area (Å²) in [5.41, 5.74) is 0.864. The molecular formula is C20H27N3O3S. The molecule has 1 N–H and O–H groups in total. The van der Waals surface area contributed by atoms with Crippen molar-refractivity contribution in [1.82, 2.24) is 9.80 Å². The van der Waals surface area contributed by atoms with Crippen molar-refractivity contribution in [3.8, 4) is 5.75 Å². The summed E-state index contributed by atoms with van der Waals surface area (Å²) in [6, 6.07) is 11.7. The van der Waals surface area contributed by atoms with Crippen molar-refractivity contribution in [1.29, 1.82) is 0 Å². The van der Waals surface area contributed by atoms with E-state index in [0.29, 0.717) is 11.7 Å². The van der Waals surface area contributed by atoms with Crippen LogP contribution in [0, 0.1) is 0 Å². The largest absolute Gasteiger partial charge is 0.495 e. The van der Waals surface area contributed by atoms with E-state index >= 15 is 0 Å². The van der Waals surface area contributed by atoms with Crippen LogP contribution in [-0.2, 0) is 11.3 Å². The van der Waals surface area contributed by atoms with E-state index in [2.05, 4.69) is 15.1 Å². The van der Waals surface area contributed by atoms with Gasteiger partial charge in [0, 0.05) is 26.2 Å². The average Bonchev–Trinajstić information content (AvgIpc) is 3.21. The molecule has 0 amide bonds.